The Morgan fingerprint density at radius 2 is 1.79 bits per heavy atom. The number of nitrogens with one attached hydrogen (secondary N) is 1. The number of benzene rings is 3. The van der Waals surface area contributed by atoms with Crippen molar-refractivity contribution in [2.45, 2.75) is 27.7 Å². The highest BCUT2D eigenvalue weighted by Crippen LogP contribution is 2.34. The Bertz CT molecular complexity index is 1770. The summed E-state index contributed by atoms with van der Waals surface area (Å²) in [5.74, 6) is 0.422. The fourth-order valence-electron chi connectivity index (χ4n) is 4.50. The van der Waals surface area contributed by atoms with E-state index in [4.69, 9.17) is 9.72 Å². The average Bonchev–Trinajstić information content (AvgIpc) is 3.23. The molecule has 1 N–H and O–H groups in total. The summed E-state index contributed by atoms with van der Waals surface area (Å²) in [5.41, 5.74) is 6.40. The predicted molar refractivity (Wildman–Crippen MR) is 150 cm³/mol. The van der Waals surface area contributed by atoms with E-state index in [2.05, 4.69) is 10.4 Å². The lowest BCUT2D eigenvalue weighted by atomic mass is 10.0. The number of aryl methyl sites for hydroxylation is 3. The SMILES string of the molecule is Cc1cc(C)c(C)c(Oc2cc(NC(=O)c3cc(-c4cnn(C)c4C)nc4ccccc34)cc([N+](=O)[O-])c2)c1. The molecule has 0 atom stereocenters. The summed E-state index contributed by atoms with van der Waals surface area (Å²) in [6, 6.07) is 17.2. The van der Waals surface area contributed by atoms with Crippen molar-refractivity contribution in [3.05, 3.63) is 105 Å². The van der Waals surface area contributed by atoms with E-state index in [1.54, 1.807) is 23.0 Å². The van der Waals surface area contributed by atoms with Crippen LogP contribution in [0.5, 0.6) is 11.5 Å². The van der Waals surface area contributed by atoms with Crippen LogP contribution in [0.2, 0.25) is 0 Å². The number of hydrogen-bond donors (Lipinski definition) is 1. The van der Waals surface area contributed by atoms with Crippen LogP contribution < -0.4 is 10.1 Å². The Labute approximate surface area is 225 Å². The molecule has 5 aromatic rings. The molecule has 196 valence electrons. The third kappa shape index (κ3) is 5.06. The van der Waals surface area contributed by atoms with Gasteiger partial charge < -0.3 is 10.1 Å². The summed E-state index contributed by atoms with van der Waals surface area (Å²) in [4.78, 5) is 29.6. The van der Waals surface area contributed by atoms with Gasteiger partial charge in [0.2, 0.25) is 0 Å². The number of hydrogen-bond acceptors (Lipinski definition) is 6. The number of nitrogens with zero attached hydrogens (tertiary/aromatic N) is 4. The van der Waals surface area contributed by atoms with Crippen molar-refractivity contribution in [3.63, 3.8) is 0 Å². The molecule has 2 aromatic heterocycles. The standard InChI is InChI=1S/C30H27N5O4/c1-17-10-18(2)19(3)29(11-17)39-23-13-21(12-22(14-23)35(37)38)32-30(36)25-15-28(26-16-31-34(5)20(26)4)33-27-9-7-6-8-24(25)27/h6-16H,1-5H3,(H,32,36). The molecule has 0 saturated heterocycles. The highest BCUT2D eigenvalue weighted by molar-refractivity contribution is 6.13. The van der Waals surface area contributed by atoms with Gasteiger partial charge in [-0.15, -0.1) is 0 Å². The number of ether oxygens (including phenoxy) is 1. The van der Waals surface area contributed by atoms with Crippen molar-refractivity contribution in [1.82, 2.24) is 14.8 Å². The zero-order chi connectivity index (χ0) is 27.8. The number of nitro benzene ring substituents is 1. The molecule has 0 aliphatic rings. The molecule has 39 heavy (non-hydrogen) atoms. The van der Waals surface area contributed by atoms with Gasteiger partial charge in [0.25, 0.3) is 11.6 Å². The second-order valence-corrected chi connectivity index (χ2v) is 9.57. The third-order valence-corrected chi connectivity index (χ3v) is 6.82. The van der Waals surface area contributed by atoms with E-state index in [0.29, 0.717) is 27.9 Å². The minimum absolute atomic E-state index is 0.198. The minimum Gasteiger partial charge on any atom is -0.457 e. The topological polar surface area (TPSA) is 112 Å². The number of non-ortho nitro benzene ring substituents is 1. The van der Waals surface area contributed by atoms with Gasteiger partial charge in [0.1, 0.15) is 11.5 Å². The number of anilines is 1. The van der Waals surface area contributed by atoms with Crippen molar-refractivity contribution in [2.75, 3.05) is 5.32 Å². The molecular formula is C30H27N5O4. The quantitative estimate of drug-likeness (QED) is 0.194. The summed E-state index contributed by atoms with van der Waals surface area (Å²) in [7, 11) is 1.84. The van der Waals surface area contributed by atoms with Crippen molar-refractivity contribution in [1.29, 1.82) is 0 Å². The summed E-state index contributed by atoms with van der Waals surface area (Å²) in [5, 5.41) is 19.5. The van der Waals surface area contributed by atoms with E-state index in [-0.39, 0.29) is 17.1 Å². The molecule has 3 aromatic carbocycles. The van der Waals surface area contributed by atoms with Gasteiger partial charge in [-0.2, -0.15) is 5.10 Å². The van der Waals surface area contributed by atoms with Crippen LogP contribution >= 0.6 is 0 Å². The zero-order valence-corrected chi connectivity index (χ0v) is 22.3. The van der Waals surface area contributed by atoms with Crippen LogP contribution in [0.4, 0.5) is 11.4 Å². The van der Waals surface area contributed by atoms with E-state index in [1.165, 1.54) is 12.1 Å². The molecule has 0 unspecified atom stereocenters. The van der Waals surface area contributed by atoms with Crippen molar-refractivity contribution in [2.24, 2.45) is 7.05 Å². The zero-order valence-electron chi connectivity index (χ0n) is 22.3. The first kappa shape index (κ1) is 25.6. The van der Waals surface area contributed by atoms with Crippen molar-refractivity contribution < 1.29 is 14.5 Å². The highest BCUT2D eigenvalue weighted by Gasteiger charge is 2.19. The van der Waals surface area contributed by atoms with Crippen LogP contribution in [0.1, 0.15) is 32.7 Å². The number of pyridine rings is 1. The molecule has 0 radical (unpaired) electrons. The molecule has 0 bridgehead atoms. The summed E-state index contributed by atoms with van der Waals surface area (Å²) >= 11 is 0. The Morgan fingerprint density at radius 3 is 2.51 bits per heavy atom. The molecule has 0 spiro atoms. The molecule has 0 aliphatic heterocycles. The number of aromatic nitrogens is 3. The highest BCUT2D eigenvalue weighted by atomic mass is 16.6. The predicted octanol–water partition coefficient (Wildman–Crippen LogP) is 6.82. The number of carbonyl (C=O) groups is 1. The summed E-state index contributed by atoms with van der Waals surface area (Å²) in [6.45, 7) is 7.80. The fraction of sp³-hybridized carbons (Fsp3) is 0.167. The molecule has 5 rings (SSSR count). The lowest BCUT2D eigenvalue weighted by Crippen LogP contribution is -2.13. The maximum Gasteiger partial charge on any atom is 0.275 e. The van der Waals surface area contributed by atoms with Crippen LogP contribution in [0.15, 0.2) is 66.9 Å². The van der Waals surface area contributed by atoms with Gasteiger partial charge in [-0.3, -0.25) is 19.6 Å². The van der Waals surface area contributed by atoms with E-state index in [1.807, 2.05) is 71.1 Å². The molecule has 1 amide bonds. The van der Waals surface area contributed by atoms with Gasteiger partial charge in [-0.1, -0.05) is 24.3 Å². The number of para-hydroxylation sites is 1. The van der Waals surface area contributed by atoms with Crippen molar-refractivity contribution in [3.8, 4) is 22.8 Å². The van der Waals surface area contributed by atoms with Gasteiger partial charge in [0.05, 0.1) is 39.6 Å². The Balaban J connectivity index is 1.55. The number of rotatable bonds is 6. The molecule has 0 aliphatic carbocycles. The normalized spacial score (nSPS) is 11.0. The maximum absolute atomic E-state index is 13.6. The van der Waals surface area contributed by atoms with E-state index in [9.17, 15) is 14.9 Å². The second kappa shape index (κ2) is 10.0. The molecule has 0 fully saturated rings. The minimum atomic E-state index is -0.512. The van der Waals surface area contributed by atoms with Gasteiger partial charge in [0, 0.05) is 35.8 Å². The lowest BCUT2D eigenvalue weighted by Gasteiger charge is -2.14. The van der Waals surface area contributed by atoms with E-state index >= 15 is 0 Å². The van der Waals surface area contributed by atoms with Crippen LogP contribution in [-0.2, 0) is 7.05 Å². The van der Waals surface area contributed by atoms with Gasteiger partial charge in [0.15, 0.2) is 0 Å². The smallest absolute Gasteiger partial charge is 0.275 e. The van der Waals surface area contributed by atoms with Crippen LogP contribution in [-0.4, -0.2) is 25.6 Å². The summed E-state index contributed by atoms with van der Waals surface area (Å²) in [6.07, 6.45) is 1.72. The van der Waals surface area contributed by atoms with Gasteiger partial charge in [-0.25, -0.2) is 4.98 Å². The number of fused-ring (bicyclic) bond motifs is 1. The Hall–Kier alpha value is -5.05. The monoisotopic (exact) mass is 521 g/mol. The van der Waals surface area contributed by atoms with Gasteiger partial charge in [-0.05, 0) is 62.6 Å². The van der Waals surface area contributed by atoms with Crippen LogP contribution in [0.25, 0.3) is 22.2 Å². The first-order valence-corrected chi connectivity index (χ1v) is 12.4. The molecule has 0 saturated carbocycles. The van der Waals surface area contributed by atoms with Crippen molar-refractivity contribution >= 4 is 28.2 Å². The molecule has 9 nitrogen and oxygen atoms in total. The third-order valence-electron chi connectivity index (χ3n) is 6.82. The van der Waals surface area contributed by atoms with Crippen LogP contribution in [0.3, 0.4) is 0 Å². The largest absolute Gasteiger partial charge is 0.457 e. The lowest BCUT2D eigenvalue weighted by molar-refractivity contribution is -0.384. The number of amides is 1. The molecular weight excluding hydrogens is 494 g/mol. The molecule has 2 heterocycles. The first-order valence-electron chi connectivity index (χ1n) is 12.4. The van der Waals surface area contributed by atoms with Gasteiger partial charge >= 0.3 is 0 Å². The Kier molecular flexibility index (Phi) is 6.57. The van der Waals surface area contributed by atoms with E-state index < -0.39 is 10.8 Å². The second-order valence-electron chi connectivity index (χ2n) is 9.57. The summed E-state index contributed by atoms with van der Waals surface area (Å²) < 4.78 is 7.82. The Morgan fingerprint density at radius 1 is 1.03 bits per heavy atom. The van der Waals surface area contributed by atoms with Crippen LogP contribution in [0, 0.1) is 37.8 Å². The number of nitro groups is 1. The first-order chi connectivity index (χ1) is 18.6. The fourth-order valence-corrected chi connectivity index (χ4v) is 4.50. The maximum atomic E-state index is 13.6. The molecule has 9 heteroatoms. The average molecular weight is 522 g/mol. The van der Waals surface area contributed by atoms with E-state index in [0.717, 1.165) is 27.9 Å². The number of carbonyl (C=O) groups excluding carboxylic acids is 1.